The Balaban J connectivity index is 2.82. The van der Waals surface area contributed by atoms with E-state index in [4.69, 9.17) is 5.11 Å². The molecule has 0 aliphatic heterocycles. The van der Waals surface area contributed by atoms with Crippen LogP contribution in [0.5, 0.6) is 0 Å². The van der Waals surface area contributed by atoms with Gasteiger partial charge in [0.05, 0.1) is 6.10 Å². The molecule has 1 nitrogen and oxygen atoms in total. The van der Waals surface area contributed by atoms with Crippen LogP contribution in [0.4, 0.5) is 8.78 Å². The standard InChI is InChI=1S/C9H9F2O/c1-6(12)4-7-2-3-8(10)9(11)5-7/h2-3,5-6,12H,1,4H2. The molecular weight excluding hydrogens is 162 g/mol. The van der Waals surface area contributed by atoms with Crippen molar-refractivity contribution in [2.45, 2.75) is 12.5 Å². The zero-order chi connectivity index (χ0) is 9.14. The third kappa shape index (κ3) is 2.27. The summed E-state index contributed by atoms with van der Waals surface area (Å²) in [4.78, 5) is 0. The minimum absolute atomic E-state index is 0.233. The highest BCUT2D eigenvalue weighted by atomic mass is 19.2. The van der Waals surface area contributed by atoms with Crippen LogP contribution in [0.3, 0.4) is 0 Å². The van der Waals surface area contributed by atoms with Gasteiger partial charge in [0, 0.05) is 0 Å². The van der Waals surface area contributed by atoms with Crippen LogP contribution in [0, 0.1) is 18.6 Å². The summed E-state index contributed by atoms with van der Waals surface area (Å²) in [6.45, 7) is 3.33. The van der Waals surface area contributed by atoms with Gasteiger partial charge in [0.15, 0.2) is 11.6 Å². The highest BCUT2D eigenvalue weighted by Crippen LogP contribution is 2.10. The van der Waals surface area contributed by atoms with E-state index in [1.54, 1.807) is 0 Å². The van der Waals surface area contributed by atoms with Crippen LogP contribution in [-0.2, 0) is 6.42 Å². The van der Waals surface area contributed by atoms with Crippen molar-refractivity contribution >= 4 is 0 Å². The third-order valence-electron chi connectivity index (χ3n) is 1.46. The Morgan fingerprint density at radius 3 is 2.50 bits per heavy atom. The van der Waals surface area contributed by atoms with E-state index >= 15 is 0 Å². The number of hydrogen-bond donors (Lipinski definition) is 1. The van der Waals surface area contributed by atoms with Crippen molar-refractivity contribution in [1.82, 2.24) is 0 Å². The summed E-state index contributed by atoms with van der Waals surface area (Å²) in [7, 11) is 0. The second-order valence-corrected chi connectivity index (χ2v) is 2.61. The summed E-state index contributed by atoms with van der Waals surface area (Å²) >= 11 is 0. The number of halogens is 2. The largest absolute Gasteiger partial charge is 0.393 e. The van der Waals surface area contributed by atoms with Gasteiger partial charge in [-0.05, 0) is 31.0 Å². The van der Waals surface area contributed by atoms with E-state index in [0.717, 1.165) is 12.1 Å². The van der Waals surface area contributed by atoms with Crippen molar-refractivity contribution in [2.24, 2.45) is 0 Å². The molecule has 0 aliphatic carbocycles. The molecule has 1 aromatic carbocycles. The molecule has 0 spiro atoms. The van der Waals surface area contributed by atoms with E-state index in [2.05, 4.69) is 6.92 Å². The van der Waals surface area contributed by atoms with Crippen molar-refractivity contribution < 1.29 is 13.9 Å². The molecule has 1 atom stereocenters. The summed E-state index contributed by atoms with van der Waals surface area (Å²) in [5.41, 5.74) is 0.538. The van der Waals surface area contributed by atoms with Crippen molar-refractivity contribution in [3.63, 3.8) is 0 Å². The maximum absolute atomic E-state index is 12.6. The highest BCUT2D eigenvalue weighted by molar-refractivity contribution is 5.18. The summed E-state index contributed by atoms with van der Waals surface area (Å²) in [5, 5.41) is 8.84. The molecule has 0 saturated carbocycles. The van der Waals surface area contributed by atoms with E-state index in [-0.39, 0.29) is 6.42 Å². The SMILES string of the molecule is [CH2]C(O)Cc1ccc(F)c(F)c1. The van der Waals surface area contributed by atoms with Gasteiger partial charge < -0.3 is 5.11 Å². The molecule has 1 unspecified atom stereocenters. The summed E-state index contributed by atoms with van der Waals surface area (Å²) < 4.78 is 24.9. The van der Waals surface area contributed by atoms with Gasteiger partial charge in [-0.25, -0.2) is 8.78 Å². The molecule has 12 heavy (non-hydrogen) atoms. The molecule has 0 fully saturated rings. The lowest BCUT2D eigenvalue weighted by Gasteiger charge is -2.03. The number of aliphatic hydroxyl groups is 1. The van der Waals surface area contributed by atoms with Crippen LogP contribution in [0.2, 0.25) is 0 Å². The summed E-state index contributed by atoms with van der Waals surface area (Å²) in [6, 6.07) is 3.52. The van der Waals surface area contributed by atoms with Gasteiger partial charge in [-0.2, -0.15) is 0 Å². The molecule has 1 N–H and O–H groups in total. The second kappa shape index (κ2) is 3.63. The monoisotopic (exact) mass is 171 g/mol. The van der Waals surface area contributed by atoms with Gasteiger partial charge in [0.1, 0.15) is 0 Å². The average molecular weight is 171 g/mol. The predicted octanol–water partition coefficient (Wildman–Crippen LogP) is 1.70. The number of aliphatic hydroxyl groups excluding tert-OH is 1. The fourth-order valence-corrected chi connectivity index (χ4v) is 0.939. The molecule has 65 valence electrons. The zero-order valence-corrected chi connectivity index (χ0v) is 6.43. The van der Waals surface area contributed by atoms with E-state index in [0.29, 0.717) is 5.56 Å². The summed E-state index contributed by atoms with van der Waals surface area (Å²) in [6.07, 6.45) is -0.549. The van der Waals surface area contributed by atoms with E-state index < -0.39 is 17.7 Å². The lowest BCUT2D eigenvalue weighted by Crippen LogP contribution is -2.05. The Kier molecular flexibility index (Phi) is 2.76. The molecule has 0 heterocycles. The quantitative estimate of drug-likeness (QED) is 0.718. The van der Waals surface area contributed by atoms with Gasteiger partial charge in [-0.15, -0.1) is 0 Å². The molecule has 0 amide bonds. The normalized spacial score (nSPS) is 13.0. The van der Waals surface area contributed by atoms with Crippen molar-refractivity contribution in [1.29, 1.82) is 0 Å². The number of rotatable bonds is 2. The highest BCUT2D eigenvalue weighted by Gasteiger charge is 2.04. The van der Waals surface area contributed by atoms with Crippen molar-refractivity contribution in [3.05, 3.63) is 42.3 Å². The molecular formula is C9H9F2O. The molecule has 1 aromatic rings. The maximum atomic E-state index is 12.6. The van der Waals surface area contributed by atoms with E-state index in [1.807, 2.05) is 0 Å². The zero-order valence-electron chi connectivity index (χ0n) is 6.43. The predicted molar refractivity (Wildman–Crippen MR) is 41.4 cm³/mol. The van der Waals surface area contributed by atoms with Gasteiger partial charge >= 0.3 is 0 Å². The molecule has 0 bridgehead atoms. The van der Waals surface area contributed by atoms with Crippen LogP contribution in [0.25, 0.3) is 0 Å². The molecule has 0 aliphatic rings. The first-order chi connectivity index (χ1) is 5.59. The van der Waals surface area contributed by atoms with Crippen LogP contribution in [0.15, 0.2) is 18.2 Å². The Morgan fingerprint density at radius 2 is 2.00 bits per heavy atom. The topological polar surface area (TPSA) is 20.2 Å². The fourth-order valence-electron chi connectivity index (χ4n) is 0.939. The molecule has 0 saturated heterocycles. The van der Waals surface area contributed by atoms with Crippen LogP contribution in [-0.4, -0.2) is 11.2 Å². The molecule has 1 rings (SSSR count). The number of benzene rings is 1. The Hall–Kier alpha value is -0.960. The first-order valence-corrected chi connectivity index (χ1v) is 3.54. The van der Waals surface area contributed by atoms with E-state index in [9.17, 15) is 8.78 Å². The van der Waals surface area contributed by atoms with Crippen molar-refractivity contribution in [3.8, 4) is 0 Å². The lowest BCUT2D eigenvalue weighted by atomic mass is 10.1. The molecule has 3 heteroatoms. The third-order valence-corrected chi connectivity index (χ3v) is 1.46. The van der Waals surface area contributed by atoms with Crippen molar-refractivity contribution in [2.75, 3.05) is 0 Å². The van der Waals surface area contributed by atoms with Crippen LogP contribution < -0.4 is 0 Å². The minimum atomic E-state index is -0.895. The van der Waals surface area contributed by atoms with Gasteiger partial charge in [0.2, 0.25) is 0 Å². The first-order valence-electron chi connectivity index (χ1n) is 3.54. The lowest BCUT2D eigenvalue weighted by molar-refractivity contribution is 0.221. The molecule has 0 aromatic heterocycles. The Morgan fingerprint density at radius 1 is 1.33 bits per heavy atom. The Bertz CT molecular complexity index is 271. The second-order valence-electron chi connectivity index (χ2n) is 2.61. The Labute approximate surface area is 69.7 Å². The smallest absolute Gasteiger partial charge is 0.159 e. The molecule has 1 radical (unpaired) electrons. The fraction of sp³-hybridized carbons (Fsp3) is 0.222. The van der Waals surface area contributed by atoms with Crippen LogP contribution >= 0.6 is 0 Å². The minimum Gasteiger partial charge on any atom is -0.393 e. The van der Waals surface area contributed by atoms with Gasteiger partial charge in [-0.3, -0.25) is 0 Å². The van der Waals surface area contributed by atoms with Gasteiger partial charge in [-0.1, -0.05) is 6.07 Å². The first kappa shape index (κ1) is 9.13. The number of hydrogen-bond acceptors (Lipinski definition) is 1. The van der Waals surface area contributed by atoms with Crippen LogP contribution in [0.1, 0.15) is 5.56 Å². The van der Waals surface area contributed by atoms with Gasteiger partial charge in [0.25, 0.3) is 0 Å². The van der Waals surface area contributed by atoms with E-state index in [1.165, 1.54) is 6.07 Å². The summed E-state index contributed by atoms with van der Waals surface area (Å²) in [5.74, 6) is -1.77. The maximum Gasteiger partial charge on any atom is 0.159 e. The average Bonchev–Trinajstić information content (AvgIpc) is 1.96.